The Kier molecular flexibility index (Phi) is 7.12. The number of carbonyl (C=O) groups is 1. The van der Waals surface area contributed by atoms with Crippen molar-refractivity contribution in [1.29, 1.82) is 0 Å². The molecular weight excluding hydrogens is 206 g/mol. The summed E-state index contributed by atoms with van der Waals surface area (Å²) in [6.45, 7) is 3.48. The van der Waals surface area contributed by atoms with Crippen LogP contribution in [-0.2, 0) is 14.3 Å². The van der Waals surface area contributed by atoms with Crippen LogP contribution in [0.2, 0.25) is 0 Å². The van der Waals surface area contributed by atoms with Crippen molar-refractivity contribution in [3.05, 3.63) is 0 Å². The first-order valence-electron chi connectivity index (χ1n) is 4.18. The van der Waals surface area contributed by atoms with E-state index >= 15 is 0 Å². The third kappa shape index (κ3) is 5.56. The number of aliphatic hydroxyl groups is 1. The van der Waals surface area contributed by atoms with Crippen LogP contribution in [0.25, 0.3) is 0 Å². The molecule has 0 aromatic heterocycles. The molecular formula is C8H17NO4S. The van der Waals surface area contributed by atoms with Crippen LogP contribution in [0.5, 0.6) is 0 Å². The minimum absolute atomic E-state index is 0.0102. The minimum atomic E-state index is -0.522. The van der Waals surface area contributed by atoms with E-state index in [-0.39, 0.29) is 24.6 Å². The Bertz CT molecular complexity index is 175. The fourth-order valence-electron chi connectivity index (χ4n) is 0.504. The Balaban J connectivity index is 3.54. The first-order valence-corrected chi connectivity index (χ1v) is 5.17. The molecule has 84 valence electrons. The summed E-state index contributed by atoms with van der Waals surface area (Å²) >= 11 is 1.06. The van der Waals surface area contributed by atoms with E-state index in [4.69, 9.17) is 15.6 Å². The van der Waals surface area contributed by atoms with Crippen LogP contribution >= 0.6 is 11.8 Å². The summed E-state index contributed by atoms with van der Waals surface area (Å²) < 4.78 is 9.41. The predicted octanol–water partition coefficient (Wildman–Crippen LogP) is 0.129. The molecule has 5 nitrogen and oxygen atoms in total. The van der Waals surface area contributed by atoms with Crippen LogP contribution in [0, 0.1) is 5.41 Å². The summed E-state index contributed by atoms with van der Waals surface area (Å²) in [5.74, 6) is 0.211. The number of hydrogen-bond acceptors (Lipinski definition) is 6. The second-order valence-corrected chi connectivity index (χ2v) is 4.19. The van der Waals surface area contributed by atoms with Crippen molar-refractivity contribution in [2.24, 2.45) is 11.1 Å². The number of nitrogens with two attached hydrogens (primary N) is 1. The van der Waals surface area contributed by atoms with Crippen LogP contribution in [0.3, 0.4) is 0 Å². The van der Waals surface area contributed by atoms with E-state index in [1.54, 1.807) is 13.8 Å². The Morgan fingerprint density at radius 3 is 2.64 bits per heavy atom. The van der Waals surface area contributed by atoms with Gasteiger partial charge in [0.2, 0.25) is 0 Å². The van der Waals surface area contributed by atoms with Gasteiger partial charge in [0.1, 0.15) is 12.7 Å². The number of carbonyl (C=O) groups excluding carboxylic acids is 1. The normalized spacial score (nSPS) is 11.7. The summed E-state index contributed by atoms with van der Waals surface area (Å²) in [6.07, 6.45) is 0. The van der Waals surface area contributed by atoms with Crippen LogP contribution in [0.4, 0.5) is 0 Å². The molecule has 0 aliphatic carbocycles. The molecule has 0 atom stereocenters. The second-order valence-electron chi connectivity index (χ2n) is 3.29. The zero-order chi connectivity index (χ0) is 11.0. The van der Waals surface area contributed by atoms with Gasteiger partial charge >= 0.3 is 0 Å². The highest BCUT2D eigenvalue weighted by molar-refractivity contribution is 8.13. The van der Waals surface area contributed by atoms with Crippen molar-refractivity contribution < 1.29 is 19.4 Å². The number of hydrogen-bond donors (Lipinski definition) is 2. The Hall–Kier alpha value is -0.140. The molecule has 0 heterocycles. The number of rotatable bonds is 7. The SMILES string of the molecule is CC(C)(CN)C(=O)SCOCOCO. The molecule has 0 unspecified atom stereocenters. The van der Waals surface area contributed by atoms with Gasteiger partial charge < -0.3 is 20.3 Å². The molecule has 0 fully saturated rings. The van der Waals surface area contributed by atoms with Crippen LogP contribution < -0.4 is 5.73 Å². The lowest BCUT2D eigenvalue weighted by Crippen LogP contribution is -2.31. The molecule has 0 amide bonds. The van der Waals surface area contributed by atoms with E-state index in [1.165, 1.54) is 0 Å². The van der Waals surface area contributed by atoms with E-state index in [2.05, 4.69) is 4.74 Å². The average Bonchev–Trinajstić information content (AvgIpc) is 2.17. The lowest BCUT2D eigenvalue weighted by atomic mass is 9.96. The number of ether oxygens (including phenoxy) is 2. The van der Waals surface area contributed by atoms with Crippen LogP contribution in [0.15, 0.2) is 0 Å². The quantitative estimate of drug-likeness (QED) is 0.471. The Labute approximate surface area is 87.9 Å². The molecule has 0 aromatic rings. The molecule has 14 heavy (non-hydrogen) atoms. The van der Waals surface area contributed by atoms with E-state index < -0.39 is 5.41 Å². The number of thioether (sulfide) groups is 1. The van der Waals surface area contributed by atoms with E-state index in [0.29, 0.717) is 6.54 Å². The highest BCUT2D eigenvalue weighted by Crippen LogP contribution is 2.22. The third-order valence-electron chi connectivity index (χ3n) is 1.59. The maximum absolute atomic E-state index is 11.4. The minimum Gasteiger partial charge on any atom is -0.371 e. The van der Waals surface area contributed by atoms with Crippen molar-refractivity contribution in [2.75, 3.05) is 26.1 Å². The first-order chi connectivity index (χ1) is 6.54. The average molecular weight is 223 g/mol. The molecule has 3 N–H and O–H groups in total. The Morgan fingerprint density at radius 1 is 1.50 bits per heavy atom. The van der Waals surface area contributed by atoms with Gasteiger partial charge in [-0.1, -0.05) is 25.6 Å². The summed E-state index contributed by atoms with van der Waals surface area (Å²) in [7, 11) is 0. The van der Waals surface area contributed by atoms with E-state index in [9.17, 15) is 4.79 Å². The van der Waals surface area contributed by atoms with Crippen molar-refractivity contribution in [3.8, 4) is 0 Å². The summed E-state index contributed by atoms with van der Waals surface area (Å²) in [5, 5.41) is 8.24. The molecule has 0 spiro atoms. The largest absolute Gasteiger partial charge is 0.371 e. The van der Waals surface area contributed by atoms with Gasteiger partial charge in [-0.25, -0.2) is 0 Å². The summed E-state index contributed by atoms with van der Waals surface area (Å²) in [4.78, 5) is 11.4. The first kappa shape index (κ1) is 13.9. The highest BCUT2D eigenvalue weighted by atomic mass is 32.2. The van der Waals surface area contributed by atoms with Gasteiger partial charge in [0.05, 0.1) is 0 Å². The molecule has 0 aromatic carbocycles. The van der Waals surface area contributed by atoms with Crippen molar-refractivity contribution in [1.82, 2.24) is 0 Å². The number of aliphatic hydroxyl groups excluding tert-OH is 1. The van der Waals surface area contributed by atoms with E-state index in [0.717, 1.165) is 11.8 Å². The molecule has 6 heteroatoms. The topological polar surface area (TPSA) is 81.8 Å². The van der Waals surface area contributed by atoms with Gasteiger partial charge in [0.15, 0.2) is 11.9 Å². The van der Waals surface area contributed by atoms with Gasteiger partial charge in [-0.2, -0.15) is 0 Å². The van der Waals surface area contributed by atoms with Gasteiger partial charge in [-0.05, 0) is 0 Å². The molecule has 0 saturated heterocycles. The predicted molar refractivity (Wildman–Crippen MR) is 54.4 cm³/mol. The van der Waals surface area contributed by atoms with Gasteiger partial charge in [-0.15, -0.1) is 0 Å². The smallest absolute Gasteiger partial charge is 0.198 e. The van der Waals surface area contributed by atoms with Crippen molar-refractivity contribution >= 4 is 16.9 Å². The zero-order valence-corrected chi connectivity index (χ0v) is 9.30. The van der Waals surface area contributed by atoms with Crippen molar-refractivity contribution in [3.63, 3.8) is 0 Å². The van der Waals surface area contributed by atoms with Crippen LogP contribution in [0.1, 0.15) is 13.8 Å². The highest BCUT2D eigenvalue weighted by Gasteiger charge is 2.25. The second kappa shape index (κ2) is 7.19. The maximum Gasteiger partial charge on any atom is 0.198 e. The van der Waals surface area contributed by atoms with Crippen molar-refractivity contribution in [2.45, 2.75) is 13.8 Å². The summed E-state index contributed by atoms with van der Waals surface area (Å²) in [6, 6.07) is 0. The molecule has 0 rings (SSSR count). The molecule has 0 radical (unpaired) electrons. The molecule has 0 saturated carbocycles. The lowest BCUT2D eigenvalue weighted by Gasteiger charge is -2.19. The lowest BCUT2D eigenvalue weighted by molar-refractivity contribution is -0.118. The monoisotopic (exact) mass is 223 g/mol. The molecule has 0 bridgehead atoms. The zero-order valence-electron chi connectivity index (χ0n) is 8.49. The fraction of sp³-hybridized carbons (Fsp3) is 0.875. The Morgan fingerprint density at radius 2 is 2.14 bits per heavy atom. The van der Waals surface area contributed by atoms with Gasteiger partial charge in [0, 0.05) is 12.0 Å². The third-order valence-corrected chi connectivity index (χ3v) is 2.69. The van der Waals surface area contributed by atoms with Gasteiger partial charge in [0.25, 0.3) is 0 Å². The van der Waals surface area contributed by atoms with E-state index in [1.807, 2.05) is 0 Å². The standard InChI is InChI=1S/C8H17NO4S/c1-8(2,3-9)7(11)14-6-13-5-12-4-10/h10H,3-6,9H2,1-2H3. The fourth-order valence-corrected chi connectivity index (χ4v) is 1.24. The molecule has 0 aliphatic rings. The molecule has 0 aliphatic heterocycles. The maximum atomic E-state index is 11.4. The van der Waals surface area contributed by atoms with Gasteiger partial charge in [-0.3, -0.25) is 4.79 Å². The summed E-state index contributed by atoms with van der Waals surface area (Å²) in [5.41, 5.74) is 4.90. The van der Waals surface area contributed by atoms with Crippen LogP contribution in [-0.4, -0.2) is 36.3 Å².